The SMILES string of the molecule is CC(C)(C)OC(=O)CC1CCC(n2[nH]nc3cnc4nccc4c32)CC1. The Hall–Kier alpha value is -2.44. The van der Waals surface area contributed by atoms with Crippen molar-refractivity contribution in [1.29, 1.82) is 0 Å². The minimum atomic E-state index is -0.411. The van der Waals surface area contributed by atoms with Gasteiger partial charge in [0, 0.05) is 18.0 Å². The molecule has 0 amide bonds. The van der Waals surface area contributed by atoms with Crippen LogP contribution < -0.4 is 0 Å². The number of hydrogen-bond acceptors (Lipinski definition) is 5. The average Bonchev–Trinajstić information content (AvgIpc) is 3.19. The number of aromatic nitrogens is 5. The van der Waals surface area contributed by atoms with Crippen LogP contribution in [0.15, 0.2) is 18.5 Å². The van der Waals surface area contributed by atoms with Crippen molar-refractivity contribution < 1.29 is 9.53 Å². The van der Waals surface area contributed by atoms with Gasteiger partial charge in [-0.1, -0.05) is 0 Å². The first kappa shape index (κ1) is 17.0. The van der Waals surface area contributed by atoms with E-state index in [1.807, 2.05) is 26.8 Å². The Morgan fingerprint density at radius 3 is 2.77 bits per heavy atom. The zero-order chi connectivity index (χ0) is 18.3. The molecule has 0 radical (unpaired) electrons. The van der Waals surface area contributed by atoms with Gasteiger partial charge in [-0.3, -0.25) is 9.48 Å². The van der Waals surface area contributed by atoms with E-state index in [0.717, 1.165) is 47.8 Å². The molecule has 0 unspecified atom stereocenters. The molecule has 0 atom stereocenters. The second-order valence-electron chi connectivity index (χ2n) is 8.22. The highest BCUT2D eigenvalue weighted by Gasteiger charge is 2.27. The molecule has 1 fully saturated rings. The summed E-state index contributed by atoms with van der Waals surface area (Å²) >= 11 is 0. The van der Waals surface area contributed by atoms with Crippen LogP contribution in [0.2, 0.25) is 0 Å². The minimum Gasteiger partial charge on any atom is -0.460 e. The standard InChI is InChI=1S/C19H25N5O2/c1-19(2,3)26-16(25)10-12-4-6-13(7-5-12)24-17-14-8-9-20-18(14)21-11-15(17)22-23-24/h8-9,11-13,23H,4-7,10H2,1-3H3. The van der Waals surface area contributed by atoms with E-state index < -0.39 is 5.60 Å². The van der Waals surface area contributed by atoms with Crippen molar-refractivity contribution in [1.82, 2.24) is 25.0 Å². The fourth-order valence-electron chi connectivity index (χ4n) is 3.92. The van der Waals surface area contributed by atoms with Gasteiger partial charge in [0.15, 0.2) is 5.65 Å². The van der Waals surface area contributed by atoms with Crippen molar-refractivity contribution >= 4 is 28.0 Å². The van der Waals surface area contributed by atoms with Crippen molar-refractivity contribution in [2.24, 2.45) is 5.92 Å². The molecule has 1 aliphatic rings. The molecule has 3 heterocycles. The number of nitrogens with one attached hydrogen (secondary N) is 1. The van der Waals surface area contributed by atoms with E-state index in [-0.39, 0.29) is 5.97 Å². The Labute approximate surface area is 152 Å². The fourth-order valence-corrected chi connectivity index (χ4v) is 3.92. The molecule has 1 saturated carbocycles. The van der Waals surface area contributed by atoms with E-state index in [2.05, 4.69) is 25.0 Å². The van der Waals surface area contributed by atoms with Crippen LogP contribution in [0.1, 0.15) is 58.9 Å². The predicted molar refractivity (Wildman–Crippen MR) is 98.6 cm³/mol. The minimum absolute atomic E-state index is 0.0868. The first-order chi connectivity index (χ1) is 12.4. The highest BCUT2D eigenvalue weighted by Crippen LogP contribution is 2.36. The van der Waals surface area contributed by atoms with E-state index >= 15 is 0 Å². The average molecular weight is 355 g/mol. The maximum absolute atomic E-state index is 12.1. The van der Waals surface area contributed by atoms with E-state index in [9.17, 15) is 4.79 Å². The lowest BCUT2D eigenvalue weighted by Gasteiger charge is -2.29. The summed E-state index contributed by atoms with van der Waals surface area (Å²) < 4.78 is 7.62. The smallest absolute Gasteiger partial charge is 0.306 e. The number of carbonyl (C=O) groups is 1. The number of esters is 1. The third-order valence-electron chi connectivity index (χ3n) is 5.06. The molecular weight excluding hydrogens is 330 g/mol. The van der Waals surface area contributed by atoms with Gasteiger partial charge in [-0.15, -0.1) is 0 Å². The molecule has 0 saturated heterocycles. The number of rotatable bonds is 3. The van der Waals surface area contributed by atoms with Crippen LogP contribution in [0, 0.1) is 5.92 Å². The van der Waals surface area contributed by atoms with Gasteiger partial charge in [0.1, 0.15) is 11.1 Å². The number of pyridine rings is 1. The molecule has 3 aromatic rings. The zero-order valence-corrected chi connectivity index (χ0v) is 15.5. The van der Waals surface area contributed by atoms with Crippen molar-refractivity contribution in [2.75, 3.05) is 0 Å². The lowest BCUT2D eigenvalue weighted by molar-refractivity contribution is -0.156. The number of hydrogen-bond donors (Lipinski definition) is 1. The van der Waals surface area contributed by atoms with Crippen LogP contribution in [0.4, 0.5) is 0 Å². The first-order valence-corrected chi connectivity index (χ1v) is 9.28. The predicted octanol–water partition coefficient (Wildman–Crippen LogP) is 3.77. The van der Waals surface area contributed by atoms with E-state index in [1.165, 1.54) is 0 Å². The van der Waals surface area contributed by atoms with Gasteiger partial charge in [0.05, 0.1) is 17.8 Å². The summed E-state index contributed by atoms with van der Waals surface area (Å²) in [5.41, 5.74) is 2.28. The third kappa shape index (κ3) is 3.30. The lowest BCUT2D eigenvalue weighted by Crippen LogP contribution is -2.27. The Morgan fingerprint density at radius 2 is 2.04 bits per heavy atom. The molecule has 4 rings (SSSR count). The molecule has 0 aromatic carbocycles. The molecule has 0 bridgehead atoms. The Morgan fingerprint density at radius 1 is 1.27 bits per heavy atom. The molecule has 0 spiro atoms. The molecule has 7 nitrogen and oxygen atoms in total. The van der Waals surface area contributed by atoms with Crippen LogP contribution in [-0.2, 0) is 9.53 Å². The summed E-state index contributed by atoms with van der Waals surface area (Å²) in [6.45, 7) is 5.74. The highest BCUT2D eigenvalue weighted by atomic mass is 16.6. The normalized spacial score (nSPS) is 21.3. The molecule has 7 heteroatoms. The Kier molecular flexibility index (Phi) is 4.17. The zero-order valence-electron chi connectivity index (χ0n) is 15.5. The number of nitrogens with zero attached hydrogens (tertiary/aromatic N) is 4. The Balaban J connectivity index is 1.46. The van der Waals surface area contributed by atoms with Crippen LogP contribution >= 0.6 is 0 Å². The number of fused-ring (bicyclic) bond motifs is 3. The largest absolute Gasteiger partial charge is 0.460 e. The monoisotopic (exact) mass is 355 g/mol. The van der Waals surface area contributed by atoms with Gasteiger partial charge < -0.3 is 4.74 Å². The van der Waals surface area contributed by atoms with Crippen LogP contribution in [0.5, 0.6) is 0 Å². The first-order valence-electron chi connectivity index (χ1n) is 9.28. The van der Waals surface area contributed by atoms with Crippen LogP contribution in [0.3, 0.4) is 0 Å². The molecule has 1 aliphatic carbocycles. The van der Waals surface area contributed by atoms with Gasteiger partial charge in [-0.2, -0.15) is 5.10 Å². The second kappa shape index (κ2) is 6.37. The quantitative estimate of drug-likeness (QED) is 0.723. The topological polar surface area (TPSA) is 85.7 Å². The van der Waals surface area contributed by atoms with Gasteiger partial charge in [0.25, 0.3) is 0 Å². The lowest BCUT2D eigenvalue weighted by atomic mass is 9.84. The van der Waals surface area contributed by atoms with Crippen molar-refractivity contribution in [3.05, 3.63) is 18.5 Å². The summed E-state index contributed by atoms with van der Waals surface area (Å²) in [6.07, 6.45) is 8.15. The van der Waals surface area contributed by atoms with E-state index in [1.54, 1.807) is 12.4 Å². The van der Waals surface area contributed by atoms with Gasteiger partial charge in [-0.25, -0.2) is 15.2 Å². The molecular formula is C19H25N5O2. The number of H-pyrrole nitrogens is 1. The van der Waals surface area contributed by atoms with Crippen molar-refractivity contribution in [3.63, 3.8) is 0 Å². The summed E-state index contributed by atoms with van der Waals surface area (Å²) in [5.74, 6) is 0.314. The van der Waals surface area contributed by atoms with Crippen molar-refractivity contribution in [3.8, 4) is 0 Å². The number of ether oxygens (including phenoxy) is 1. The molecule has 1 N–H and O–H groups in total. The number of carbonyl (C=O) groups excluding carboxylic acids is 1. The van der Waals surface area contributed by atoms with E-state index in [4.69, 9.17) is 4.74 Å². The Bertz CT molecular complexity index is 928. The third-order valence-corrected chi connectivity index (χ3v) is 5.06. The van der Waals surface area contributed by atoms with E-state index in [0.29, 0.717) is 18.4 Å². The molecule has 138 valence electrons. The van der Waals surface area contributed by atoms with Crippen molar-refractivity contribution in [2.45, 2.75) is 64.5 Å². The maximum Gasteiger partial charge on any atom is 0.306 e. The molecule has 0 aliphatic heterocycles. The summed E-state index contributed by atoms with van der Waals surface area (Å²) in [6, 6.07) is 2.35. The molecule has 3 aromatic heterocycles. The second-order valence-corrected chi connectivity index (χ2v) is 8.22. The highest BCUT2D eigenvalue weighted by molar-refractivity contribution is 6.00. The van der Waals surface area contributed by atoms with Crippen LogP contribution in [0.25, 0.3) is 22.1 Å². The molecule has 26 heavy (non-hydrogen) atoms. The maximum atomic E-state index is 12.1. The van der Waals surface area contributed by atoms with Gasteiger partial charge in [-0.05, 0) is 58.4 Å². The summed E-state index contributed by atoms with van der Waals surface area (Å²) in [4.78, 5) is 20.7. The van der Waals surface area contributed by atoms with Gasteiger partial charge >= 0.3 is 5.97 Å². The van der Waals surface area contributed by atoms with Crippen LogP contribution in [-0.4, -0.2) is 36.5 Å². The van der Waals surface area contributed by atoms with Gasteiger partial charge in [0.2, 0.25) is 0 Å². The number of aromatic amines is 1. The summed E-state index contributed by atoms with van der Waals surface area (Å²) in [7, 11) is 0. The summed E-state index contributed by atoms with van der Waals surface area (Å²) in [5, 5.41) is 8.60. The fraction of sp³-hybridized carbons (Fsp3) is 0.579.